The van der Waals surface area contributed by atoms with Gasteiger partial charge in [0.2, 0.25) is 5.88 Å². The van der Waals surface area contributed by atoms with Crippen molar-refractivity contribution in [2.24, 2.45) is 0 Å². The Labute approximate surface area is 222 Å². The molecule has 1 aliphatic heterocycles. The second kappa shape index (κ2) is 11.6. The number of halogens is 2. The number of rotatable bonds is 8. The van der Waals surface area contributed by atoms with Gasteiger partial charge in [0.1, 0.15) is 15.4 Å². The van der Waals surface area contributed by atoms with Crippen molar-refractivity contribution in [2.45, 2.75) is 17.0 Å². The summed E-state index contributed by atoms with van der Waals surface area (Å²) in [6, 6.07) is 10.5. The number of likely N-dealkylation sites (N-methyl/N-ethyl adjacent to an activating group) is 1. The zero-order valence-electron chi connectivity index (χ0n) is 20.5. The van der Waals surface area contributed by atoms with Crippen LogP contribution in [0, 0.1) is 5.82 Å². The number of carbonyl (C=O) groups is 1. The number of hydrogen-bond acceptors (Lipinski definition) is 7. The van der Waals surface area contributed by atoms with Crippen LogP contribution in [0.2, 0.25) is 0 Å². The molecule has 8 nitrogen and oxygen atoms in total. The lowest BCUT2D eigenvalue weighted by molar-refractivity contribution is 0.0951. The Hall–Kier alpha value is -2.70. The third-order valence-corrected chi connectivity index (χ3v) is 7.01. The van der Waals surface area contributed by atoms with Gasteiger partial charge in [0, 0.05) is 42.5 Å². The predicted octanol–water partition coefficient (Wildman–Crippen LogP) is 3.99. The summed E-state index contributed by atoms with van der Waals surface area (Å²) in [6.45, 7) is 4.71. The van der Waals surface area contributed by atoms with Gasteiger partial charge in [-0.1, -0.05) is 28.7 Å². The maximum Gasteiger partial charge on any atom is 0.251 e. The van der Waals surface area contributed by atoms with E-state index in [1.54, 1.807) is 24.3 Å². The van der Waals surface area contributed by atoms with Crippen molar-refractivity contribution in [1.29, 1.82) is 0 Å². The maximum absolute atomic E-state index is 13.8. The van der Waals surface area contributed by atoms with E-state index in [0.29, 0.717) is 66.5 Å². The highest BCUT2D eigenvalue weighted by Gasteiger charge is 2.25. The first kappa shape index (κ1) is 26.4. The van der Waals surface area contributed by atoms with E-state index in [2.05, 4.69) is 33.2 Å². The smallest absolute Gasteiger partial charge is 0.251 e. The van der Waals surface area contributed by atoms with Crippen molar-refractivity contribution in [3.8, 4) is 0 Å². The quantitative estimate of drug-likeness (QED) is 0.227. The third-order valence-electron chi connectivity index (χ3n) is 5.98. The number of nitrogens with zero attached hydrogens (tertiary/aromatic N) is 2. The largest absolute Gasteiger partial charge is 0.440 e. The molecule has 10 heteroatoms. The number of carbonyl (C=O) groups excluding carboxylic acids is 1. The minimum absolute atomic E-state index is 0.0185. The lowest BCUT2D eigenvalue weighted by Crippen LogP contribution is -2.42. The molecule has 1 fully saturated rings. The summed E-state index contributed by atoms with van der Waals surface area (Å²) in [5.41, 5.74) is 1.74. The normalized spacial score (nSPS) is 16.8. The van der Waals surface area contributed by atoms with Crippen molar-refractivity contribution in [3.05, 3.63) is 69.6 Å². The number of fused-ring (bicyclic) bond motifs is 1. The summed E-state index contributed by atoms with van der Waals surface area (Å²) in [4.78, 5) is 30.2. The molecule has 2 N–H and O–H groups in total. The summed E-state index contributed by atoms with van der Waals surface area (Å²) < 4.78 is 25.7. The van der Waals surface area contributed by atoms with Gasteiger partial charge < -0.3 is 29.6 Å². The summed E-state index contributed by atoms with van der Waals surface area (Å²) in [7, 11) is 3.86. The van der Waals surface area contributed by atoms with E-state index in [1.165, 1.54) is 18.2 Å². The second-order valence-electron chi connectivity index (χ2n) is 9.03. The molecule has 0 radical (unpaired) electrons. The average molecular weight is 608 g/mol. The highest BCUT2D eigenvalue weighted by molar-refractivity contribution is 14.1. The van der Waals surface area contributed by atoms with E-state index in [-0.39, 0.29) is 27.2 Å². The fourth-order valence-electron chi connectivity index (χ4n) is 4.09. The maximum atomic E-state index is 13.8. The Balaban J connectivity index is 1.78. The van der Waals surface area contributed by atoms with Gasteiger partial charge in [-0.2, -0.15) is 0 Å². The third kappa shape index (κ3) is 6.16. The van der Waals surface area contributed by atoms with Crippen LogP contribution in [-0.4, -0.2) is 61.8 Å². The lowest BCUT2D eigenvalue weighted by Gasteiger charge is -2.32. The Morgan fingerprint density at radius 1 is 1.28 bits per heavy atom. The molecular formula is C26H30FIN4O4. The molecule has 0 saturated carbocycles. The van der Waals surface area contributed by atoms with Crippen molar-refractivity contribution in [1.82, 2.24) is 10.2 Å². The van der Waals surface area contributed by atoms with Crippen LogP contribution in [0.3, 0.4) is 0 Å². The van der Waals surface area contributed by atoms with Crippen LogP contribution in [0.4, 0.5) is 16.0 Å². The summed E-state index contributed by atoms with van der Waals surface area (Å²) >= 11 is 2.26. The van der Waals surface area contributed by atoms with E-state index >= 15 is 0 Å². The van der Waals surface area contributed by atoms with Crippen LogP contribution in [0.1, 0.15) is 28.9 Å². The molecule has 0 spiro atoms. The molecule has 1 aliphatic rings. The van der Waals surface area contributed by atoms with Crippen LogP contribution in [0.5, 0.6) is 0 Å². The number of amides is 1. The molecule has 4 rings (SSSR count). The van der Waals surface area contributed by atoms with Gasteiger partial charge in [0.25, 0.3) is 5.91 Å². The van der Waals surface area contributed by atoms with Gasteiger partial charge in [-0.3, -0.25) is 9.59 Å². The number of ether oxygens (including phenoxy) is 1. The Morgan fingerprint density at radius 2 is 2.08 bits per heavy atom. The molecule has 1 saturated heterocycles. The zero-order chi connectivity index (χ0) is 25.8. The fraction of sp³-hybridized carbons (Fsp3) is 0.385. The van der Waals surface area contributed by atoms with Crippen LogP contribution < -0.4 is 21.0 Å². The van der Waals surface area contributed by atoms with E-state index in [1.807, 2.05) is 30.8 Å². The molecule has 3 aromatic rings. The molecule has 2 heterocycles. The molecule has 2 unspecified atom stereocenters. The number of alkyl halides is 1. The van der Waals surface area contributed by atoms with Gasteiger partial charge in [0.05, 0.1) is 24.6 Å². The van der Waals surface area contributed by atoms with Gasteiger partial charge in [0.15, 0.2) is 5.43 Å². The first-order chi connectivity index (χ1) is 17.2. The molecule has 2 atom stereocenters. The van der Waals surface area contributed by atoms with E-state index in [9.17, 15) is 14.0 Å². The van der Waals surface area contributed by atoms with Crippen LogP contribution in [-0.2, 0) is 4.74 Å². The number of hydrogen-bond donors (Lipinski definition) is 2. The topological polar surface area (TPSA) is 87.1 Å². The van der Waals surface area contributed by atoms with Gasteiger partial charge in [-0.05, 0) is 51.4 Å². The molecule has 0 aliphatic carbocycles. The minimum Gasteiger partial charge on any atom is -0.440 e. The summed E-state index contributed by atoms with van der Waals surface area (Å²) in [5, 5.41) is 6.49. The summed E-state index contributed by atoms with van der Waals surface area (Å²) in [5.74, 6) is -0.181. The van der Waals surface area contributed by atoms with Crippen LogP contribution >= 0.6 is 22.6 Å². The van der Waals surface area contributed by atoms with Crippen LogP contribution in [0.15, 0.2) is 51.7 Å². The van der Waals surface area contributed by atoms with Crippen LogP contribution in [0.25, 0.3) is 11.0 Å². The average Bonchev–Trinajstić information content (AvgIpc) is 2.83. The Kier molecular flexibility index (Phi) is 8.47. The van der Waals surface area contributed by atoms with Gasteiger partial charge in [-0.25, -0.2) is 4.39 Å². The first-order valence-electron chi connectivity index (χ1n) is 11.8. The molecule has 1 aromatic heterocycles. The number of morpholine rings is 1. The molecule has 36 heavy (non-hydrogen) atoms. The predicted molar refractivity (Wildman–Crippen MR) is 148 cm³/mol. The summed E-state index contributed by atoms with van der Waals surface area (Å²) in [6.07, 6.45) is 0. The highest BCUT2D eigenvalue weighted by atomic mass is 127. The minimum atomic E-state index is -0.387. The number of anilines is 2. The van der Waals surface area contributed by atoms with Crippen molar-refractivity contribution in [3.63, 3.8) is 0 Å². The standard InChI is InChI=1S/C26H30FIN4O4/c1-16(30-19-6-4-5-18(27)13-19)20-11-17(26(34)29-7-8-31(2)3)12-21-22(33)14-24(36-25(20)21)32-9-10-35-15-23(32)28/h4-6,11-14,16,23,30H,7-10,15H2,1-3H3,(H,29,34). The van der Waals surface area contributed by atoms with Crippen molar-refractivity contribution >= 4 is 51.0 Å². The SMILES string of the molecule is CC(Nc1cccc(F)c1)c1cc(C(=O)NCCN(C)C)cc2c(=O)cc(N3CCOCC3I)oc12. The van der Waals surface area contributed by atoms with E-state index < -0.39 is 0 Å². The van der Waals surface area contributed by atoms with E-state index in [4.69, 9.17) is 9.15 Å². The molecule has 192 valence electrons. The molecule has 2 aromatic carbocycles. The van der Waals surface area contributed by atoms with Gasteiger partial charge in [-0.15, -0.1) is 0 Å². The zero-order valence-corrected chi connectivity index (χ0v) is 22.7. The van der Waals surface area contributed by atoms with Crippen molar-refractivity contribution in [2.75, 3.05) is 57.2 Å². The lowest BCUT2D eigenvalue weighted by atomic mass is 10.00. The molecule has 0 bridgehead atoms. The molecule has 1 amide bonds. The van der Waals surface area contributed by atoms with E-state index in [0.717, 1.165) is 0 Å². The first-order valence-corrected chi connectivity index (χ1v) is 13.0. The number of benzene rings is 2. The van der Waals surface area contributed by atoms with Crippen molar-refractivity contribution < 1.29 is 18.3 Å². The fourth-order valence-corrected chi connectivity index (χ4v) is 4.90. The monoisotopic (exact) mass is 608 g/mol. The Bertz CT molecular complexity index is 1300. The molecular weight excluding hydrogens is 578 g/mol. The second-order valence-corrected chi connectivity index (χ2v) is 10.5. The Morgan fingerprint density at radius 3 is 2.81 bits per heavy atom. The highest BCUT2D eigenvalue weighted by Crippen LogP contribution is 2.32. The van der Waals surface area contributed by atoms with Gasteiger partial charge >= 0.3 is 0 Å². The number of nitrogens with one attached hydrogen (secondary N) is 2.